The van der Waals surface area contributed by atoms with Crippen LogP contribution in [0.1, 0.15) is 24.4 Å². The molecule has 4 heterocycles. The fraction of sp³-hybridized carbons (Fsp3) is 0.308. The minimum absolute atomic E-state index is 0.0266. The zero-order valence-electron chi connectivity index (χ0n) is 18.3. The molecule has 6 nitrogen and oxygen atoms in total. The lowest BCUT2D eigenvalue weighted by molar-refractivity contribution is 0.269. The second kappa shape index (κ2) is 8.15. The third kappa shape index (κ3) is 3.43. The van der Waals surface area contributed by atoms with Gasteiger partial charge in [0.1, 0.15) is 5.82 Å². The van der Waals surface area contributed by atoms with Crippen LogP contribution >= 0.6 is 0 Å². The smallest absolute Gasteiger partial charge is 0.129 e. The van der Waals surface area contributed by atoms with Crippen molar-refractivity contribution in [2.75, 3.05) is 24.6 Å². The first-order chi connectivity index (χ1) is 16.2. The molecule has 1 saturated heterocycles. The van der Waals surface area contributed by atoms with Crippen LogP contribution in [0.5, 0.6) is 0 Å². The average Bonchev–Trinajstić information content (AvgIpc) is 3.57. The number of piperidine rings is 1. The van der Waals surface area contributed by atoms with Crippen LogP contribution in [0, 0.1) is 11.7 Å². The van der Waals surface area contributed by atoms with E-state index in [0.29, 0.717) is 12.5 Å². The number of aliphatic hydroxyl groups excluding tert-OH is 1. The number of aliphatic hydroxyl groups is 1. The van der Waals surface area contributed by atoms with Crippen molar-refractivity contribution in [2.45, 2.75) is 25.4 Å². The first-order valence-electron chi connectivity index (χ1n) is 11.5. The Morgan fingerprint density at radius 2 is 1.82 bits per heavy atom. The Morgan fingerprint density at radius 1 is 1.00 bits per heavy atom. The number of rotatable bonds is 5. The van der Waals surface area contributed by atoms with Gasteiger partial charge < -0.3 is 14.6 Å². The predicted molar refractivity (Wildman–Crippen MR) is 125 cm³/mol. The topological polar surface area (TPSA) is 59.1 Å². The summed E-state index contributed by atoms with van der Waals surface area (Å²) in [6.07, 6.45) is 9.51. The molecule has 0 amide bonds. The maximum Gasteiger partial charge on any atom is 0.129 e. The van der Waals surface area contributed by atoms with Gasteiger partial charge in [-0.2, -0.15) is 5.10 Å². The molecule has 1 atom stereocenters. The van der Waals surface area contributed by atoms with E-state index in [1.54, 1.807) is 16.8 Å². The van der Waals surface area contributed by atoms with E-state index < -0.39 is 0 Å². The zero-order valence-corrected chi connectivity index (χ0v) is 18.3. The molecule has 2 aliphatic rings. The molecule has 4 aromatic rings. The van der Waals surface area contributed by atoms with Gasteiger partial charge in [0.05, 0.1) is 43.6 Å². The molecule has 1 fully saturated rings. The van der Waals surface area contributed by atoms with E-state index in [1.165, 1.54) is 5.69 Å². The Morgan fingerprint density at radius 3 is 2.61 bits per heavy atom. The summed E-state index contributed by atoms with van der Waals surface area (Å²) >= 11 is 0. The molecule has 0 aliphatic carbocycles. The number of fused-ring (bicyclic) bond motifs is 3. The zero-order chi connectivity index (χ0) is 22.4. The summed E-state index contributed by atoms with van der Waals surface area (Å²) < 4.78 is 18.8. The number of hydrogen-bond donors (Lipinski definition) is 1. The van der Waals surface area contributed by atoms with E-state index in [4.69, 9.17) is 5.11 Å². The Kier molecular flexibility index (Phi) is 4.99. The molecular formula is C26H26FN5O. The Labute approximate surface area is 191 Å². The number of nitrogens with zero attached hydrogens (tertiary/aromatic N) is 5. The van der Waals surface area contributed by atoms with E-state index in [2.05, 4.69) is 43.8 Å². The second-order valence-corrected chi connectivity index (χ2v) is 8.92. The summed E-state index contributed by atoms with van der Waals surface area (Å²) in [5.41, 5.74) is 6.21. The van der Waals surface area contributed by atoms with Crippen molar-refractivity contribution < 1.29 is 9.50 Å². The van der Waals surface area contributed by atoms with Crippen LogP contribution in [0.15, 0.2) is 67.4 Å². The van der Waals surface area contributed by atoms with Gasteiger partial charge in [-0.05, 0) is 42.5 Å². The van der Waals surface area contributed by atoms with Gasteiger partial charge in [-0.3, -0.25) is 4.68 Å². The second-order valence-electron chi connectivity index (χ2n) is 8.92. The largest absolute Gasteiger partial charge is 0.394 e. The molecule has 2 aromatic carbocycles. The van der Waals surface area contributed by atoms with Crippen LogP contribution in [-0.4, -0.2) is 44.1 Å². The maximum absolute atomic E-state index is 14.8. The molecule has 1 unspecified atom stereocenters. The Balaban J connectivity index is 1.17. The van der Waals surface area contributed by atoms with Gasteiger partial charge in [0.15, 0.2) is 0 Å². The molecule has 2 aliphatic heterocycles. The van der Waals surface area contributed by atoms with Crippen LogP contribution < -0.4 is 4.90 Å². The van der Waals surface area contributed by atoms with Crippen molar-refractivity contribution in [3.63, 3.8) is 0 Å². The minimum Gasteiger partial charge on any atom is -0.394 e. The van der Waals surface area contributed by atoms with E-state index in [1.807, 2.05) is 31.0 Å². The molecule has 2 aromatic heterocycles. The van der Waals surface area contributed by atoms with Crippen LogP contribution in [0.2, 0.25) is 0 Å². The van der Waals surface area contributed by atoms with E-state index in [-0.39, 0.29) is 18.5 Å². The van der Waals surface area contributed by atoms with E-state index >= 15 is 0 Å². The highest BCUT2D eigenvalue weighted by molar-refractivity contribution is 5.69. The van der Waals surface area contributed by atoms with Gasteiger partial charge >= 0.3 is 0 Å². The standard InChI is InChI=1S/C26H26FN5O/c27-23-3-1-2-22-24-15-28-17-32(24)26(25(22)23)19-8-10-30(11-9-19)21-6-4-18(5-7-21)20-14-29-31(16-20)12-13-33/h1-7,14-17,19,26,33H,8-13H2. The molecule has 0 radical (unpaired) electrons. The summed E-state index contributed by atoms with van der Waals surface area (Å²) in [5, 5.41) is 13.4. The Hall–Kier alpha value is -3.45. The van der Waals surface area contributed by atoms with Crippen molar-refractivity contribution in [1.82, 2.24) is 19.3 Å². The fourth-order valence-electron chi connectivity index (χ4n) is 5.47. The van der Waals surface area contributed by atoms with Gasteiger partial charge in [-0.25, -0.2) is 9.37 Å². The average molecular weight is 444 g/mol. The summed E-state index contributed by atoms with van der Waals surface area (Å²) in [5.74, 6) is 0.269. The third-order valence-corrected chi connectivity index (χ3v) is 7.10. The fourth-order valence-corrected chi connectivity index (χ4v) is 5.47. The molecule has 168 valence electrons. The maximum atomic E-state index is 14.8. The quantitative estimate of drug-likeness (QED) is 0.498. The first kappa shape index (κ1) is 20.2. The molecule has 33 heavy (non-hydrogen) atoms. The summed E-state index contributed by atoms with van der Waals surface area (Å²) in [4.78, 5) is 6.75. The summed E-state index contributed by atoms with van der Waals surface area (Å²) in [7, 11) is 0. The summed E-state index contributed by atoms with van der Waals surface area (Å²) in [6, 6.07) is 14.0. The SMILES string of the molecule is OCCn1cc(-c2ccc(N3CCC(C4c5c(F)cccc5-c5cncn54)CC3)cc2)cn1. The van der Waals surface area contributed by atoms with E-state index in [0.717, 1.165) is 53.9 Å². The molecule has 0 spiro atoms. The number of anilines is 1. The van der Waals surface area contributed by atoms with Crippen LogP contribution in [0.3, 0.4) is 0 Å². The van der Waals surface area contributed by atoms with Crippen LogP contribution in [0.4, 0.5) is 10.1 Å². The number of halogens is 1. The Bertz CT molecular complexity index is 1270. The van der Waals surface area contributed by atoms with Gasteiger partial charge in [-0.15, -0.1) is 0 Å². The normalized spacial score (nSPS) is 17.9. The lowest BCUT2D eigenvalue weighted by atomic mass is 9.85. The molecule has 0 saturated carbocycles. The lowest BCUT2D eigenvalue weighted by Gasteiger charge is -2.37. The number of imidazole rings is 1. The van der Waals surface area contributed by atoms with Gasteiger partial charge in [0.25, 0.3) is 0 Å². The number of hydrogen-bond acceptors (Lipinski definition) is 4. The lowest BCUT2D eigenvalue weighted by Crippen LogP contribution is -2.36. The van der Waals surface area contributed by atoms with E-state index in [9.17, 15) is 4.39 Å². The summed E-state index contributed by atoms with van der Waals surface area (Å²) in [6.45, 7) is 2.48. The van der Waals surface area contributed by atoms with Crippen LogP contribution in [-0.2, 0) is 6.54 Å². The van der Waals surface area contributed by atoms with Gasteiger partial charge in [0, 0.05) is 41.7 Å². The highest BCUT2D eigenvalue weighted by Gasteiger charge is 2.37. The number of benzene rings is 2. The van der Waals surface area contributed by atoms with Crippen molar-refractivity contribution in [3.8, 4) is 22.4 Å². The highest BCUT2D eigenvalue weighted by Crippen LogP contribution is 2.46. The third-order valence-electron chi connectivity index (χ3n) is 7.10. The first-order valence-corrected chi connectivity index (χ1v) is 11.5. The monoisotopic (exact) mass is 443 g/mol. The molecule has 7 heteroatoms. The highest BCUT2D eigenvalue weighted by atomic mass is 19.1. The molecular weight excluding hydrogens is 417 g/mol. The van der Waals surface area contributed by atoms with Gasteiger partial charge in [0.2, 0.25) is 0 Å². The van der Waals surface area contributed by atoms with Crippen molar-refractivity contribution in [2.24, 2.45) is 5.92 Å². The minimum atomic E-state index is -0.110. The van der Waals surface area contributed by atoms with Gasteiger partial charge in [-0.1, -0.05) is 24.3 Å². The number of aromatic nitrogens is 4. The van der Waals surface area contributed by atoms with Crippen molar-refractivity contribution >= 4 is 5.69 Å². The van der Waals surface area contributed by atoms with Crippen molar-refractivity contribution in [3.05, 3.63) is 78.8 Å². The molecule has 1 N–H and O–H groups in total. The molecule has 0 bridgehead atoms. The predicted octanol–water partition coefficient (Wildman–Crippen LogP) is 4.36. The van der Waals surface area contributed by atoms with Crippen molar-refractivity contribution in [1.29, 1.82) is 0 Å². The molecule has 6 rings (SSSR count). The van der Waals surface area contributed by atoms with Crippen LogP contribution in [0.25, 0.3) is 22.4 Å².